The molecule has 0 atom stereocenters. The molecule has 2 heterocycles. The fourth-order valence-electron chi connectivity index (χ4n) is 4.51. The highest BCUT2D eigenvalue weighted by molar-refractivity contribution is 6.49. The second-order valence-electron chi connectivity index (χ2n) is 9.77. The maximum absolute atomic E-state index is 13.6. The van der Waals surface area contributed by atoms with E-state index in [4.69, 9.17) is 15.1 Å². The maximum atomic E-state index is 13.6. The van der Waals surface area contributed by atoms with Gasteiger partial charge in [-0.15, -0.1) is 0 Å². The summed E-state index contributed by atoms with van der Waals surface area (Å²) in [6.45, 7) is 18.9. The van der Waals surface area contributed by atoms with Crippen LogP contribution in [0, 0.1) is 12.8 Å². The molecule has 6 nitrogen and oxygen atoms in total. The largest absolute Gasteiger partial charge is 0.372 e. The molecule has 6 heteroatoms. The van der Waals surface area contributed by atoms with Gasteiger partial charge in [0.25, 0.3) is 5.56 Å². The van der Waals surface area contributed by atoms with Crippen LogP contribution in [-0.4, -0.2) is 34.2 Å². The smallest absolute Gasteiger partial charge is 0.277 e. The van der Waals surface area contributed by atoms with Crippen molar-refractivity contribution in [1.29, 1.82) is 0 Å². The zero-order valence-corrected chi connectivity index (χ0v) is 22.3. The number of aromatic nitrogens is 2. The number of rotatable bonds is 10. The second-order valence-corrected chi connectivity index (χ2v) is 9.77. The average Bonchev–Trinajstić information content (AvgIpc) is 3.16. The Kier molecular flexibility index (Phi) is 8.45. The van der Waals surface area contributed by atoms with Crippen LogP contribution in [0.1, 0.15) is 96.3 Å². The van der Waals surface area contributed by atoms with Crippen molar-refractivity contribution >= 4 is 22.8 Å². The number of anilines is 1. The first-order valence-corrected chi connectivity index (χ1v) is 12.9. The number of hydrogen-bond acceptors (Lipinski definition) is 5. The van der Waals surface area contributed by atoms with Gasteiger partial charge in [0.2, 0.25) is 0 Å². The third-order valence-corrected chi connectivity index (χ3v) is 6.51. The Bertz CT molecular complexity index is 1140. The van der Waals surface area contributed by atoms with E-state index >= 15 is 0 Å². The van der Waals surface area contributed by atoms with Gasteiger partial charge in [-0.1, -0.05) is 47.5 Å². The van der Waals surface area contributed by atoms with E-state index in [1.807, 2.05) is 0 Å². The van der Waals surface area contributed by atoms with E-state index in [-0.39, 0.29) is 17.4 Å². The second kappa shape index (κ2) is 11.1. The van der Waals surface area contributed by atoms with E-state index in [1.165, 1.54) is 10.4 Å². The molecular formula is C28H41N5O. The molecule has 0 spiro atoms. The number of nitrogens with zero attached hydrogens (tertiary/aromatic N) is 5. The lowest BCUT2D eigenvalue weighted by Crippen LogP contribution is -2.28. The molecule has 1 aliphatic rings. The van der Waals surface area contributed by atoms with Crippen LogP contribution in [0.3, 0.4) is 0 Å². The molecule has 1 aromatic carbocycles. The topological polar surface area (TPSA) is 62.9 Å². The molecule has 0 saturated carbocycles. The average molecular weight is 464 g/mol. The van der Waals surface area contributed by atoms with E-state index < -0.39 is 0 Å². The molecule has 0 amide bonds. The van der Waals surface area contributed by atoms with E-state index in [0.29, 0.717) is 11.5 Å². The molecule has 0 fully saturated rings. The van der Waals surface area contributed by atoms with Crippen molar-refractivity contribution in [3.05, 3.63) is 51.2 Å². The SMILES string of the molecule is CCCCCc1c(C(C)C)nc2n(c1=O)N=C(C(C)C)C2=Nc1ccc(N(CC)CC)cc1C. The minimum absolute atomic E-state index is 0.0400. The highest BCUT2D eigenvalue weighted by Crippen LogP contribution is 2.28. The quantitative estimate of drug-likeness (QED) is 0.391. The lowest BCUT2D eigenvalue weighted by Gasteiger charge is -2.21. The number of benzene rings is 1. The van der Waals surface area contributed by atoms with Gasteiger partial charge in [0.05, 0.1) is 17.1 Å². The van der Waals surface area contributed by atoms with Crippen LogP contribution in [-0.2, 0) is 6.42 Å². The summed E-state index contributed by atoms with van der Waals surface area (Å²) in [6.07, 6.45) is 3.97. The Morgan fingerprint density at radius 2 is 1.74 bits per heavy atom. The predicted molar refractivity (Wildman–Crippen MR) is 144 cm³/mol. The summed E-state index contributed by atoms with van der Waals surface area (Å²) >= 11 is 0. The Hall–Kier alpha value is -2.76. The highest BCUT2D eigenvalue weighted by Gasteiger charge is 2.30. The Balaban J connectivity index is 2.15. The summed E-state index contributed by atoms with van der Waals surface area (Å²) in [6, 6.07) is 6.37. The molecule has 0 saturated heterocycles. The van der Waals surface area contributed by atoms with Gasteiger partial charge in [0, 0.05) is 24.3 Å². The van der Waals surface area contributed by atoms with Crippen LogP contribution in [0.25, 0.3) is 0 Å². The van der Waals surface area contributed by atoms with Gasteiger partial charge in [-0.25, -0.2) is 9.98 Å². The number of aliphatic imine (C=N–C) groups is 1. The van der Waals surface area contributed by atoms with Crippen LogP contribution in [0.15, 0.2) is 33.1 Å². The van der Waals surface area contributed by atoms with Crippen LogP contribution in [0.2, 0.25) is 0 Å². The van der Waals surface area contributed by atoms with Crippen molar-refractivity contribution in [1.82, 2.24) is 9.66 Å². The highest BCUT2D eigenvalue weighted by atomic mass is 16.1. The molecule has 0 unspecified atom stereocenters. The van der Waals surface area contributed by atoms with Gasteiger partial charge in [-0.2, -0.15) is 9.78 Å². The molecule has 1 aromatic heterocycles. The van der Waals surface area contributed by atoms with Crippen LogP contribution in [0.4, 0.5) is 11.4 Å². The third kappa shape index (κ3) is 5.16. The summed E-state index contributed by atoms with van der Waals surface area (Å²) in [5.74, 6) is 0.861. The molecule has 1 aliphatic heterocycles. The minimum atomic E-state index is -0.0400. The monoisotopic (exact) mass is 463 g/mol. The van der Waals surface area contributed by atoms with Crippen molar-refractivity contribution in [2.45, 2.75) is 87.0 Å². The van der Waals surface area contributed by atoms with Gasteiger partial charge in [0.1, 0.15) is 5.71 Å². The zero-order chi connectivity index (χ0) is 25.0. The Morgan fingerprint density at radius 3 is 2.29 bits per heavy atom. The fraction of sp³-hybridized carbons (Fsp3) is 0.571. The van der Waals surface area contributed by atoms with Crippen molar-refractivity contribution in [2.75, 3.05) is 18.0 Å². The zero-order valence-electron chi connectivity index (χ0n) is 22.3. The van der Waals surface area contributed by atoms with Crippen LogP contribution < -0.4 is 10.5 Å². The first kappa shape index (κ1) is 25.9. The Labute approximate surface area is 204 Å². The standard InChI is InChI=1S/C28H41N5O/c1-9-12-13-14-22-24(18(4)5)30-27-26(25(19(6)7)31-33(27)28(22)34)29-23-16-15-21(17-20(23)8)32(10-2)11-3/h15-19H,9-14H2,1-8H3. The first-order chi connectivity index (χ1) is 16.2. The van der Waals surface area contributed by atoms with Crippen LogP contribution >= 0.6 is 0 Å². The van der Waals surface area contributed by atoms with Crippen LogP contribution in [0.5, 0.6) is 0 Å². The molecule has 0 radical (unpaired) electrons. The lowest BCUT2D eigenvalue weighted by molar-refractivity contribution is 0.666. The molecular weight excluding hydrogens is 422 g/mol. The predicted octanol–water partition coefficient (Wildman–Crippen LogP) is 6.25. The van der Waals surface area contributed by atoms with E-state index in [2.05, 4.69) is 78.5 Å². The number of unbranched alkanes of at least 4 members (excludes halogenated alkanes) is 2. The molecule has 0 N–H and O–H groups in total. The van der Waals surface area contributed by atoms with Gasteiger partial charge < -0.3 is 4.90 Å². The molecule has 3 rings (SSSR count). The van der Waals surface area contributed by atoms with Crippen molar-refractivity contribution in [3.63, 3.8) is 0 Å². The van der Waals surface area contributed by atoms with Crippen molar-refractivity contribution in [3.8, 4) is 0 Å². The van der Waals surface area contributed by atoms with Gasteiger partial charge >= 0.3 is 0 Å². The fourth-order valence-corrected chi connectivity index (χ4v) is 4.51. The third-order valence-electron chi connectivity index (χ3n) is 6.51. The summed E-state index contributed by atoms with van der Waals surface area (Å²) in [7, 11) is 0. The summed E-state index contributed by atoms with van der Waals surface area (Å²) < 4.78 is 1.50. The first-order valence-electron chi connectivity index (χ1n) is 12.9. The normalized spacial score (nSPS) is 14.3. The lowest BCUT2D eigenvalue weighted by atomic mass is 9.99. The molecule has 184 valence electrons. The Morgan fingerprint density at radius 1 is 1.03 bits per heavy atom. The summed E-state index contributed by atoms with van der Waals surface area (Å²) in [5.41, 5.74) is 6.37. The van der Waals surface area contributed by atoms with Crippen molar-refractivity contribution in [2.24, 2.45) is 16.0 Å². The maximum Gasteiger partial charge on any atom is 0.277 e. The number of aryl methyl sites for hydroxylation is 1. The van der Waals surface area contributed by atoms with E-state index in [1.54, 1.807) is 0 Å². The van der Waals surface area contributed by atoms with Gasteiger partial charge in [-0.3, -0.25) is 4.79 Å². The van der Waals surface area contributed by atoms with Crippen molar-refractivity contribution < 1.29 is 0 Å². The minimum Gasteiger partial charge on any atom is -0.372 e. The van der Waals surface area contributed by atoms with E-state index in [9.17, 15) is 4.79 Å². The molecule has 0 bridgehead atoms. The number of hydrogen-bond donors (Lipinski definition) is 0. The summed E-state index contributed by atoms with van der Waals surface area (Å²) in [5, 5.41) is 4.74. The van der Waals surface area contributed by atoms with Gasteiger partial charge in [0.15, 0.2) is 5.82 Å². The summed E-state index contributed by atoms with van der Waals surface area (Å²) in [4.78, 5) is 25.9. The van der Waals surface area contributed by atoms with E-state index in [0.717, 1.165) is 67.0 Å². The molecule has 0 aliphatic carbocycles. The molecule has 34 heavy (non-hydrogen) atoms. The number of fused-ring (bicyclic) bond motifs is 1. The molecule has 2 aromatic rings. The van der Waals surface area contributed by atoms with Gasteiger partial charge in [-0.05, 0) is 69.2 Å².